The van der Waals surface area contributed by atoms with Gasteiger partial charge < -0.3 is 15.2 Å². The maximum Gasteiger partial charge on any atom is 0.255 e. The largest absolute Gasteiger partial charge is 0.358 e. The number of aromatic amines is 1. The molecule has 1 aliphatic rings. The number of hydrogen-bond acceptors (Lipinski definition) is 2. The summed E-state index contributed by atoms with van der Waals surface area (Å²) in [5.74, 6) is -0.312. The highest BCUT2D eigenvalue weighted by atomic mass is 16.2. The van der Waals surface area contributed by atoms with Gasteiger partial charge in [-0.2, -0.15) is 0 Å². The Kier molecular flexibility index (Phi) is 4.28. The minimum atomic E-state index is -0.292. The lowest BCUT2D eigenvalue weighted by molar-refractivity contribution is -0.121. The van der Waals surface area contributed by atoms with E-state index in [1.165, 1.54) is 0 Å². The number of benzene rings is 2. The van der Waals surface area contributed by atoms with Gasteiger partial charge in [0.15, 0.2) is 0 Å². The van der Waals surface area contributed by atoms with E-state index in [2.05, 4.69) is 22.9 Å². The fourth-order valence-corrected chi connectivity index (χ4v) is 3.89. The molecule has 1 unspecified atom stereocenters. The second-order valence-corrected chi connectivity index (χ2v) is 6.72. The molecule has 1 aliphatic heterocycles. The molecule has 2 aromatic carbocycles. The number of nitrogens with zero attached hydrogens (tertiary/aromatic N) is 1. The predicted molar refractivity (Wildman–Crippen MR) is 106 cm³/mol. The van der Waals surface area contributed by atoms with Gasteiger partial charge in [0.1, 0.15) is 6.54 Å². The number of para-hydroxylation sites is 1. The Balaban J connectivity index is 1.83. The number of fused-ring (bicyclic) bond motifs is 2. The van der Waals surface area contributed by atoms with Gasteiger partial charge in [-0.15, -0.1) is 6.58 Å². The molecular formula is C22H21N3O2. The lowest BCUT2D eigenvalue weighted by atomic mass is 9.95. The molecule has 0 fully saturated rings. The van der Waals surface area contributed by atoms with E-state index in [1.807, 2.05) is 49.4 Å². The van der Waals surface area contributed by atoms with Crippen LogP contribution in [0, 0.1) is 6.92 Å². The monoisotopic (exact) mass is 359 g/mol. The highest BCUT2D eigenvalue weighted by Gasteiger charge is 2.40. The zero-order chi connectivity index (χ0) is 19.0. The average Bonchev–Trinajstić information content (AvgIpc) is 3.14. The molecule has 136 valence electrons. The van der Waals surface area contributed by atoms with Gasteiger partial charge in [-0.05, 0) is 24.6 Å². The smallest absolute Gasteiger partial charge is 0.255 e. The van der Waals surface area contributed by atoms with E-state index >= 15 is 0 Å². The van der Waals surface area contributed by atoms with Gasteiger partial charge in [-0.3, -0.25) is 9.59 Å². The third-order valence-electron chi connectivity index (χ3n) is 5.03. The number of nitrogens with one attached hydrogen (secondary N) is 2. The average molecular weight is 359 g/mol. The summed E-state index contributed by atoms with van der Waals surface area (Å²) in [4.78, 5) is 30.5. The van der Waals surface area contributed by atoms with E-state index in [9.17, 15) is 9.59 Å². The first-order valence-electron chi connectivity index (χ1n) is 8.96. The molecule has 3 aromatic rings. The third-order valence-corrected chi connectivity index (χ3v) is 5.03. The van der Waals surface area contributed by atoms with E-state index in [0.717, 1.165) is 27.7 Å². The molecule has 2 N–H and O–H groups in total. The highest BCUT2D eigenvalue weighted by molar-refractivity contribution is 6.02. The molecule has 5 nitrogen and oxygen atoms in total. The van der Waals surface area contributed by atoms with E-state index in [0.29, 0.717) is 12.1 Å². The van der Waals surface area contributed by atoms with Crippen molar-refractivity contribution in [3.8, 4) is 0 Å². The zero-order valence-corrected chi connectivity index (χ0v) is 15.2. The number of amides is 2. The Bertz CT molecular complexity index is 1050. The van der Waals surface area contributed by atoms with E-state index < -0.39 is 0 Å². The molecule has 0 saturated carbocycles. The molecule has 4 rings (SSSR count). The highest BCUT2D eigenvalue weighted by Crippen LogP contribution is 2.42. The zero-order valence-electron chi connectivity index (χ0n) is 15.2. The number of aryl methyl sites for hydroxylation is 1. The molecule has 5 heteroatoms. The first-order valence-corrected chi connectivity index (χ1v) is 8.96. The van der Waals surface area contributed by atoms with Gasteiger partial charge >= 0.3 is 0 Å². The first kappa shape index (κ1) is 17.1. The van der Waals surface area contributed by atoms with E-state index in [4.69, 9.17) is 0 Å². The summed E-state index contributed by atoms with van der Waals surface area (Å²) in [7, 11) is 0. The topological polar surface area (TPSA) is 65.2 Å². The SMILES string of the molecule is C=CCNC(=O)CN1C(=O)c2ccccc2C1c1c(C)[nH]c2ccccc12. The van der Waals surface area contributed by atoms with Crippen molar-refractivity contribution in [2.45, 2.75) is 13.0 Å². The van der Waals surface area contributed by atoms with Crippen LogP contribution in [0.2, 0.25) is 0 Å². The summed E-state index contributed by atoms with van der Waals surface area (Å²) >= 11 is 0. The predicted octanol–water partition coefficient (Wildman–Crippen LogP) is 3.32. The summed E-state index contributed by atoms with van der Waals surface area (Å²) in [5.41, 5.74) is 4.66. The Hall–Kier alpha value is -3.34. The maximum absolute atomic E-state index is 13.1. The van der Waals surface area contributed by atoms with Gasteiger partial charge in [-0.25, -0.2) is 0 Å². The number of carbonyl (C=O) groups is 2. The van der Waals surface area contributed by atoms with Crippen LogP contribution < -0.4 is 5.32 Å². The normalized spacial score (nSPS) is 15.8. The van der Waals surface area contributed by atoms with Crippen LogP contribution in [-0.4, -0.2) is 34.8 Å². The summed E-state index contributed by atoms with van der Waals surface area (Å²) in [6, 6.07) is 15.3. The number of H-pyrrole nitrogens is 1. The molecular weight excluding hydrogens is 338 g/mol. The molecule has 27 heavy (non-hydrogen) atoms. The second-order valence-electron chi connectivity index (χ2n) is 6.72. The Labute approximate surface area is 157 Å². The molecule has 1 aromatic heterocycles. The van der Waals surface area contributed by atoms with Crippen LogP contribution in [0.1, 0.15) is 33.2 Å². The lowest BCUT2D eigenvalue weighted by Crippen LogP contribution is -2.39. The molecule has 2 amide bonds. The van der Waals surface area contributed by atoms with Crippen LogP contribution in [-0.2, 0) is 4.79 Å². The van der Waals surface area contributed by atoms with Crippen LogP contribution in [0.4, 0.5) is 0 Å². The summed E-state index contributed by atoms with van der Waals surface area (Å²) in [5, 5.41) is 3.84. The van der Waals surface area contributed by atoms with Gasteiger partial charge in [0.2, 0.25) is 5.91 Å². The number of hydrogen-bond donors (Lipinski definition) is 2. The standard InChI is InChI=1S/C22H21N3O2/c1-3-12-23-19(26)13-25-21(15-8-4-5-9-16(15)22(25)27)20-14(2)24-18-11-7-6-10-17(18)20/h3-11,21,24H,1,12-13H2,2H3,(H,23,26). The van der Waals surface area contributed by atoms with Crippen molar-refractivity contribution in [3.05, 3.63) is 83.6 Å². The van der Waals surface area contributed by atoms with Crippen molar-refractivity contribution in [2.24, 2.45) is 0 Å². The fourth-order valence-electron chi connectivity index (χ4n) is 3.89. The molecule has 0 saturated heterocycles. The second kappa shape index (κ2) is 6.76. The van der Waals surface area contributed by atoms with Crippen LogP contribution in [0.15, 0.2) is 61.2 Å². The van der Waals surface area contributed by atoms with Crippen LogP contribution in [0.3, 0.4) is 0 Å². The maximum atomic E-state index is 13.1. The summed E-state index contributed by atoms with van der Waals surface area (Å²) < 4.78 is 0. The number of carbonyl (C=O) groups excluding carboxylic acids is 2. The van der Waals surface area contributed by atoms with Gasteiger partial charge in [-0.1, -0.05) is 42.5 Å². The Morgan fingerprint density at radius 2 is 1.96 bits per heavy atom. The molecule has 1 atom stereocenters. The van der Waals surface area contributed by atoms with Crippen LogP contribution in [0.5, 0.6) is 0 Å². The molecule has 0 bridgehead atoms. The van der Waals surface area contributed by atoms with Gasteiger partial charge in [0.05, 0.1) is 6.04 Å². The third kappa shape index (κ3) is 2.81. The van der Waals surface area contributed by atoms with Crippen LogP contribution >= 0.6 is 0 Å². The quantitative estimate of drug-likeness (QED) is 0.687. The summed E-state index contributed by atoms with van der Waals surface area (Å²) in [6.07, 6.45) is 1.62. The Morgan fingerprint density at radius 1 is 1.22 bits per heavy atom. The molecule has 0 aliphatic carbocycles. The van der Waals surface area contributed by atoms with Crippen LogP contribution in [0.25, 0.3) is 10.9 Å². The van der Waals surface area contributed by atoms with Crippen molar-refractivity contribution in [3.63, 3.8) is 0 Å². The minimum Gasteiger partial charge on any atom is -0.358 e. The van der Waals surface area contributed by atoms with Crippen molar-refractivity contribution in [1.29, 1.82) is 0 Å². The molecule has 2 heterocycles. The summed E-state index contributed by atoms with van der Waals surface area (Å²) in [6.45, 7) is 6.01. The molecule has 0 radical (unpaired) electrons. The fraction of sp³-hybridized carbons (Fsp3) is 0.182. The molecule has 0 spiro atoms. The van der Waals surface area contributed by atoms with Crippen molar-refractivity contribution in [2.75, 3.05) is 13.1 Å². The van der Waals surface area contributed by atoms with Gasteiger partial charge in [0, 0.05) is 34.3 Å². The van der Waals surface area contributed by atoms with Crippen molar-refractivity contribution in [1.82, 2.24) is 15.2 Å². The van der Waals surface area contributed by atoms with E-state index in [-0.39, 0.29) is 24.4 Å². The van der Waals surface area contributed by atoms with Gasteiger partial charge in [0.25, 0.3) is 5.91 Å². The number of aromatic nitrogens is 1. The Morgan fingerprint density at radius 3 is 2.78 bits per heavy atom. The van der Waals surface area contributed by atoms with Crippen molar-refractivity contribution >= 4 is 22.7 Å². The van der Waals surface area contributed by atoms with E-state index in [1.54, 1.807) is 11.0 Å². The lowest BCUT2D eigenvalue weighted by Gasteiger charge is -2.25. The number of rotatable bonds is 5. The van der Waals surface area contributed by atoms with Crippen molar-refractivity contribution < 1.29 is 9.59 Å². The minimum absolute atomic E-state index is 0.00493. The first-order chi connectivity index (χ1) is 13.1.